The van der Waals surface area contributed by atoms with Gasteiger partial charge in [-0.1, -0.05) is 48.5 Å². The maximum atomic E-state index is 13.9. The first kappa shape index (κ1) is 15.9. The lowest BCUT2D eigenvalue weighted by atomic mass is 9.97. The van der Waals surface area contributed by atoms with Crippen LogP contribution < -0.4 is 4.74 Å². The fourth-order valence-electron chi connectivity index (χ4n) is 2.63. The van der Waals surface area contributed by atoms with Crippen LogP contribution in [0.25, 0.3) is 11.1 Å². The molecule has 0 bridgehead atoms. The van der Waals surface area contributed by atoms with Gasteiger partial charge in [0.2, 0.25) is 0 Å². The largest absolute Gasteiger partial charge is 0.486 e. The monoisotopic (exact) mass is 320 g/mol. The van der Waals surface area contributed by atoms with Crippen LogP contribution in [0, 0.1) is 12.7 Å². The predicted octanol–water partition coefficient (Wildman–Crippen LogP) is 5.19. The van der Waals surface area contributed by atoms with Gasteiger partial charge in [0.15, 0.2) is 11.6 Å². The molecule has 0 aromatic heterocycles. The Kier molecular flexibility index (Phi) is 4.71. The molecule has 24 heavy (non-hydrogen) atoms. The Hall–Kier alpha value is -2.94. The van der Waals surface area contributed by atoms with Gasteiger partial charge in [0.25, 0.3) is 0 Å². The fourth-order valence-corrected chi connectivity index (χ4v) is 2.63. The van der Waals surface area contributed by atoms with Crippen LogP contribution >= 0.6 is 0 Å². The van der Waals surface area contributed by atoms with Crippen molar-refractivity contribution in [2.24, 2.45) is 0 Å². The SMILES string of the molecule is Cc1c(COc2ccc(C=O)cc2F)cccc1-c1ccccc1. The van der Waals surface area contributed by atoms with Gasteiger partial charge in [-0.3, -0.25) is 4.79 Å². The molecule has 0 saturated carbocycles. The number of aldehydes is 1. The molecular weight excluding hydrogens is 303 g/mol. The molecule has 120 valence electrons. The van der Waals surface area contributed by atoms with Crippen LogP contribution in [0.2, 0.25) is 0 Å². The first-order chi connectivity index (χ1) is 11.7. The van der Waals surface area contributed by atoms with Gasteiger partial charge in [-0.2, -0.15) is 0 Å². The highest BCUT2D eigenvalue weighted by Crippen LogP contribution is 2.27. The lowest BCUT2D eigenvalue weighted by Gasteiger charge is -2.13. The molecule has 2 nitrogen and oxygen atoms in total. The number of ether oxygens (including phenoxy) is 1. The standard InChI is InChI=1S/C21H17FO2/c1-15-18(8-5-9-19(15)17-6-3-2-4-7-17)14-24-21-11-10-16(13-23)12-20(21)22/h2-13H,14H2,1H3. The van der Waals surface area contributed by atoms with E-state index in [9.17, 15) is 9.18 Å². The highest BCUT2D eigenvalue weighted by Gasteiger charge is 2.09. The molecule has 3 aromatic carbocycles. The summed E-state index contributed by atoms with van der Waals surface area (Å²) in [5.74, 6) is -0.387. The summed E-state index contributed by atoms with van der Waals surface area (Å²) in [5.41, 5.74) is 4.66. The van der Waals surface area contributed by atoms with Crippen LogP contribution in [-0.2, 0) is 6.61 Å². The zero-order valence-electron chi connectivity index (χ0n) is 13.3. The Labute approximate surface area is 140 Å². The van der Waals surface area contributed by atoms with Crippen LogP contribution in [-0.4, -0.2) is 6.29 Å². The zero-order chi connectivity index (χ0) is 16.9. The van der Waals surface area contributed by atoms with E-state index in [1.807, 2.05) is 37.3 Å². The summed E-state index contributed by atoms with van der Waals surface area (Å²) in [6.45, 7) is 2.30. The molecule has 3 aromatic rings. The molecule has 3 rings (SSSR count). The molecule has 0 fully saturated rings. The molecule has 0 amide bonds. The van der Waals surface area contributed by atoms with E-state index in [2.05, 4.69) is 18.2 Å². The van der Waals surface area contributed by atoms with Crippen molar-refractivity contribution in [2.75, 3.05) is 0 Å². The summed E-state index contributed by atoms with van der Waals surface area (Å²) in [7, 11) is 0. The zero-order valence-corrected chi connectivity index (χ0v) is 13.3. The van der Waals surface area contributed by atoms with Gasteiger partial charge in [0.1, 0.15) is 12.9 Å². The first-order valence-corrected chi connectivity index (χ1v) is 7.70. The maximum absolute atomic E-state index is 13.9. The Balaban J connectivity index is 1.83. The second-order valence-corrected chi connectivity index (χ2v) is 5.55. The number of rotatable bonds is 5. The van der Waals surface area contributed by atoms with Crippen LogP contribution in [0.1, 0.15) is 21.5 Å². The minimum absolute atomic E-state index is 0.144. The molecule has 0 spiro atoms. The van der Waals surface area contributed by atoms with E-state index in [4.69, 9.17) is 4.74 Å². The highest BCUT2D eigenvalue weighted by atomic mass is 19.1. The van der Waals surface area contributed by atoms with Crippen LogP contribution in [0.3, 0.4) is 0 Å². The third-order valence-corrected chi connectivity index (χ3v) is 4.01. The molecule has 0 aliphatic rings. The van der Waals surface area contributed by atoms with Gasteiger partial charge in [0, 0.05) is 5.56 Å². The Morgan fingerprint density at radius 2 is 1.79 bits per heavy atom. The minimum Gasteiger partial charge on any atom is -0.486 e. The van der Waals surface area contributed by atoms with Crippen molar-refractivity contribution in [3.63, 3.8) is 0 Å². The number of carbonyl (C=O) groups excluding carboxylic acids is 1. The van der Waals surface area contributed by atoms with Crippen molar-refractivity contribution in [3.05, 3.63) is 89.2 Å². The quantitative estimate of drug-likeness (QED) is 0.605. The summed E-state index contributed by atoms with van der Waals surface area (Å²) in [5, 5.41) is 0. The van der Waals surface area contributed by atoms with Crippen molar-refractivity contribution < 1.29 is 13.9 Å². The van der Waals surface area contributed by atoms with E-state index >= 15 is 0 Å². The van der Waals surface area contributed by atoms with E-state index in [1.54, 1.807) is 6.07 Å². The molecule has 0 aliphatic carbocycles. The summed E-state index contributed by atoms with van der Waals surface area (Å²) in [6.07, 6.45) is 0.611. The molecule has 0 aliphatic heterocycles. The normalized spacial score (nSPS) is 10.4. The predicted molar refractivity (Wildman–Crippen MR) is 92.7 cm³/mol. The summed E-state index contributed by atoms with van der Waals surface area (Å²) in [4.78, 5) is 10.7. The number of halogens is 1. The molecule has 0 saturated heterocycles. The number of benzene rings is 3. The van der Waals surface area contributed by atoms with Gasteiger partial charge in [-0.05, 0) is 47.4 Å². The van der Waals surface area contributed by atoms with Crippen LogP contribution in [0.5, 0.6) is 5.75 Å². The van der Waals surface area contributed by atoms with Crippen molar-refractivity contribution >= 4 is 6.29 Å². The summed E-state index contributed by atoms with van der Waals surface area (Å²) >= 11 is 0. The molecule has 3 heteroatoms. The maximum Gasteiger partial charge on any atom is 0.165 e. The third kappa shape index (κ3) is 3.35. The number of hydrogen-bond acceptors (Lipinski definition) is 2. The Morgan fingerprint density at radius 1 is 1.00 bits per heavy atom. The van der Waals surface area contributed by atoms with E-state index < -0.39 is 5.82 Å². The minimum atomic E-state index is -0.531. The van der Waals surface area contributed by atoms with E-state index in [-0.39, 0.29) is 12.4 Å². The van der Waals surface area contributed by atoms with Gasteiger partial charge >= 0.3 is 0 Å². The van der Waals surface area contributed by atoms with Gasteiger partial charge in [-0.25, -0.2) is 4.39 Å². The van der Waals surface area contributed by atoms with Crippen LogP contribution in [0.15, 0.2) is 66.7 Å². The second kappa shape index (κ2) is 7.09. The van der Waals surface area contributed by atoms with Crippen molar-refractivity contribution in [2.45, 2.75) is 13.5 Å². The second-order valence-electron chi connectivity index (χ2n) is 5.55. The molecule has 0 heterocycles. The molecular formula is C21H17FO2. The van der Waals surface area contributed by atoms with Crippen molar-refractivity contribution in [1.29, 1.82) is 0 Å². The first-order valence-electron chi connectivity index (χ1n) is 7.70. The molecule has 0 unspecified atom stereocenters. The Morgan fingerprint density at radius 3 is 2.50 bits per heavy atom. The van der Waals surface area contributed by atoms with Gasteiger partial charge in [-0.15, -0.1) is 0 Å². The highest BCUT2D eigenvalue weighted by molar-refractivity contribution is 5.75. The fraction of sp³-hybridized carbons (Fsp3) is 0.0952. The third-order valence-electron chi connectivity index (χ3n) is 4.01. The lowest BCUT2D eigenvalue weighted by molar-refractivity contribution is 0.112. The van der Waals surface area contributed by atoms with E-state index in [0.717, 1.165) is 22.3 Å². The van der Waals surface area contributed by atoms with Gasteiger partial charge < -0.3 is 4.74 Å². The summed E-state index contributed by atoms with van der Waals surface area (Å²) < 4.78 is 19.5. The van der Waals surface area contributed by atoms with E-state index in [1.165, 1.54) is 12.1 Å². The topological polar surface area (TPSA) is 26.3 Å². The van der Waals surface area contributed by atoms with Crippen molar-refractivity contribution in [3.8, 4) is 16.9 Å². The molecule has 0 radical (unpaired) electrons. The lowest BCUT2D eigenvalue weighted by Crippen LogP contribution is -2.01. The smallest absolute Gasteiger partial charge is 0.165 e. The van der Waals surface area contributed by atoms with E-state index in [0.29, 0.717) is 11.8 Å². The molecule has 0 N–H and O–H groups in total. The Bertz CT molecular complexity index is 857. The average molecular weight is 320 g/mol. The van der Waals surface area contributed by atoms with Gasteiger partial charge in [0.05, 0.1) is 0 Å². The number of carbonyl (C=O) groups is 1. The summed E-state index contributed by atoms with van der Waals surface area (Å²) in [6, 6.07) is 20.3. The average Bonchev–Trinajstić information content (AvgIpc) is 2.62. The van der Waals surface area contributed by atoms with Crippen molar-refractivity contribution in [1.82, 2.24) is 0 Å². The number of hydrogen-bond donors (Lipinski definition) is 0. The molecule has 0 atom stereocenters. The van der Waals surface area contributed by atoms with Crippen LogP contribution in [0.4, 0.5) is 4.39 Å².